The Bertz CT molecular complexity index is 833. The Morgan fingerprint density at radius 2 is 1.65 bits per heavy atom. The zero-order chi connectivity index (χ0) is 16.8. The van der Waals surface area contributed by atoms with E-state index in [1.165, 1.54) is 0 Å². The van der Waals surface area contributed by atoms with Crippen molar-refractivity contribution in [1.29, 1.82) is 10.5 Å². The average Bonchev–Trinajstić information content (AvgIpc) is 2.54. The van der Waals surface area contributed by atoms with Gasteiger partial charge in [-0.3, -0.25) is 10.2 Å². The first kappa shape index (κ1) is 15.9. The van der Waals surface area contributed by atoms with Crippen molar-refractivity contribution in [2.24, 2.45) is 5.10 Å². The van der Waals surface area contributed by atoms with Crippen LogP contribution in [0.3, 0.4) is 0 Å². The molecule has 2 aromatic carbocycles. The second-order valence-electron chi connectivity index (χ2n) is 5.05. The summed E-state index contributed by atoms with van der Waals surface area (Å²) in [6, 6.07) is 15.8. The topological polar surface area (TPSA) is 89.0 Å². The van der Waals surface area contributed by atoms with Crippen molar-refractivity contribution in [1.82, 2.24) is 0 Å². The highest BCUT2D eigenvalue weighted by atomic mass is 16.1. The minimum atomic E-state index is -0.307. The van der Waals surface area contributed by atoms with Crippen LogP contribution in [0.25, 0.3) is 0 Å². The maximum absolute atomic E-state index is 12.7. The number of nitrogens with one attached hydrogen (secondary N) is 1. The summed E-state index contributed by atoms with van der Waals surface area (Å²) in [5.74, 6) is -0.148. The number of aryl methyl sites for hydroxylation is 2. The van der Waals surface area contributed by atoms with Gasteiger partial charge in [0.1, 0.15) is 12.1 Å². The summed E-state index contributed by atoms with van der Waals surface area (Å²) in [6.07, 6.45) is 0. The number of anilines is 1. The number of carbonyl (C=O) groups excluding carboxylic acids is 1. The third-order valence-electron chi connectivity index (χ3n) is 3.16. The van der Waals surface area contributed by atoms with Gasteiger partial charge in [0, 0.05) is 11.1 Å². The van der Waals surface area contributed by atoms with E-state index in [2.05, 4.69) is 10.5 Å². The van der Waals surface area contributed by atoms with E-state index in [4.69, 9.17) is 10.5 Å². The molecule has 0 radical (unpaired) electrons. The van der Waals surface area contributed by atoms with Gasteiger partial charge < -0.3 is 0 Å². The molecular weight excluding hydrogens is 288 g/mol. The molecule has 0 aromatic heterocycles. The predicted molar refractivity (Wildman–Crippen MR) is 88.1 cm³/mol. The molecular formula is C18H14N4O. The van der Waals surface area contributed by atoms with Crippen LogP contribution in [0.2, 0.25) is 0 Å². The van der Waals surface area contributed by atoms with E-state index in [1.807, 2.05) is 32.0 Å². The van der Waals surface area contributed by atoms with E-state index in [0.717, 1.165) is 11.1 Å². The molecule has 23 heavy (non-hydrogen) atoms. The number of hydrogen-bond acceptors (Lipinski definition) is 5. The number of nitrogens with zero attached hydrogens (tertiary/aromatic N) is 3. The second-order valence-corrected chi connectivity index (χ2v) is 5.05. The highest BCUT2D eigenvalue weighted by Crippen LogP contribution is 2.21. The molecule has 5 heteroatoms. The number of hydrogen-bond donors (Lipinski definition) is 1. The lowest BCUT2D eigenvalue weighted by Crippen LogP contribution is -2.07. The molecule has 0 bridgehead atoms. The molecule has 1 N–H and O–H groups in total. The van der Waals surface area contributed by atoms with Gasteiger partial charge in [-0.1, -0.05) is 29.3 Å². The first-order valence-corrected chi connectivity index (χ1v) is 6.91. The highest BCUT2D eigenvalue weighted by Gasteiger charge is 2.14. The van der Waals surface area contributed by atoms with Crippen molar-refractivity contribution in [3.8, 4) is 12.1 Å². The molecule has 0 unspecified atom stereocenters. The average molecular weight is 302 g/mol. The summed E-state index contributed by atoms with van der Waals surface area (Å²) in [5.41, 5.74) is 5.78. The van der Waals surface area contributed by atoms with Gasteiger partial charge in [0.05, 0.1) is 5.69 Å². The molecule has 112 valence electrons. The van der Waals surface area contributed by atoms with Crippen LogP contribution in [0, 0.1) is 36.5 Å². The van der Waals surface area contributed by atoms with Gasteiger partial charge >= 0.3 is 0 Å². The van der Waals surface area contributed by atoms with E-state index in [-0.39, 0.29) is 11.5 Å². The number of benzene rings is 2. The van der Waals surface area contributed by atoms with Gasteiger partial charge in [0.15, 0.2) is 5.78 Å². The quantitative estimate of drug-likeness (QED) is 0.533. The van der Waals surface area contributed by atoms with Crippen molar-refractivity contribution >= 4 is 17.2 Å². The van der Waals surface area contributed by atoms with Crippen LogP contribution in [0.1, 0.15) is 27.0 Å². The van der Waals surface area contributed by atoms with Crippen LogP contribution in [-0.2, 0) is 0 Å². The number of carbonyl (C=O) groups is 1. The monoisotopic (exact) mass is 302 g/mol. The fourth-order valence-corrected chi connectivity index (χ4v) is 2.23. The van der Waals surface area contributed by atoms with Gasteiger partial charge in [-0.15, -0.1) is 0 Å². The van der Waals surface area contributed by atoms with Crippen molar-refractivity contribution in [2.45, 2.75) is 13.8 Å². The zero-order valence-electron chi connectivity index (χ0n) is 12.8. The molecule has 0 saturated heterocycles. The molecule has 0 saturated carbocycles. The summed E-state index contributed by atoms with van der Waals surface area (Å²) in [4.78, 5) is 12.7. The van der Waals surface area contributed by atoms with Crippen molar-refractivity contribution < 1.29 is 4.79 Å². The molecule has 0 heterocycles. The predicted octanol–water partition coefficient (Wildman–Crippen LogP) is 3.35. The summed E-state index contributed by atoms with van der Waals surface area (Å²) < 4.78 is 0. The third-order valence-corrected chi connectivity index (χ3v) is 3.16. The maximum atomic E-state index is 12.7. The van der Waals surface area contributed by atoms with Crippen LogP contribution < -0.4 is 5.43 Å². The Balaban J connectivity index is 2.41. The van der Waals surface area contributed by atoms with E-state index in [0.29, 0.717) is 16.8 Å². The minimum Gasteiger partial charge on any atom is -0.289 e. The van der Waals surface area contributed by atoms with Crippen LogP contribution in [-0.4, -0.2) is 11.5 Å². The van der Waals surface area contributed by atoms with E-state index >= 15 is 0 Å². The van der Waals surface area contributed by atoms with Gasteiger partial charge in [0.2, 0.25) is 5.71 Å². The highest BCUT2D eigenvalue weighted by molar-refractivity contribution is 6.13. The number of ketones is 1. The number of rotatable bonds is 4. The van der Waals surface area contributed by atoms with Gasteiger partial charge in [0.25, 0.3) is 0 Å². The Morgan fingerprint density at radius 3 is 2.26 bits per heavy atom. The molecule has 0 spiro atoms. The lowest BCUT2D eigenvalue weighted by molar-refractivity contribution is 0.103. The second kappa shape index (κ2) is 7.02. The van der Waals surface area contributed by atoms with Crippen LogP contribution >= 0.6 is 0 Å². The Hall–Kier alpha value is -3.44. The number of hydrazone groups is 1. The molecule has 5 nitrogen and oxygen atoms in total. The maximum Gasteiger partial charge on any atom is 0.237 e. The summed E-state index contributed by atoms with van der Waals surface area (Å²) in [6.45, 7) is 3.87. The van der Waals surface area contributed by atoms with E-state index < -0.39 is 0 Å². The van der Waals surface area contributed by atoms with Gasteiger partial charge in [-0.2, -0.15) is 15.6 Å². The first-order valence-electron chi connectivity index (χ1n) is 6.91. The zero-order valence-corrected chi connectivity index (χ0v) is 12.8. The fraction of sp³-hybridized carbons (Fsp3) is 0.111. The van der Waals surface area contributed by atoms with E-state index in [1.54, 1.807) is 36.4 Å². The fourth-order valence-electron chi connectivity index (χ4n) is 2.23. The van der Waals surface area contributed by atoms with Crippen molar-refractivity contribution in [2.75, 3.05) is 5.43 Å². The SMILES string of the molecule is Cc1cc(C)cc(C(=O)c2ccccc2NN=C(C#N)C#N)c1. The smallest absolute Gasteiger partial charge is 0.237 e. The van der Waals surface area contributed by atoms with Crippen molar-refractivity contribution in [3.63, 3.8) is 0 Å². The largest absolute Gasteiger partial charge is 0.289 e. The normalized spacial score (nSPS) is 9.39. The lowest BCUT2D eigenvalue weighted by atomic mass is 9.98. The van der Waals surface area contributed by atoms with Crippen LogP contribution in [0.5, 0.6) is 0 Å². The Morgan fingerprint density at radius 1 is 1.04 bits per heavy atom. The van der Waals surface area contributed by atoms with Gasteiger partial charge in [-0.05, 0) is 38.1 Å². The Labute approximate surface area is 134 Å². The number of para-hydroxylation sites is 1. The summed E-state index contributed by atoms with van der Waals surface area (Å²) in [5, 5.41) is 21.1. The summed E-state index contributed by atoms with van der Waals surface area (Å²) >= 11 is 0. The van der Waals surface area contributed by atoms with E-state index in [9.17, 15) is 4.79 Å². The molecule has 0 aliphatic rings. The lowest BCUT2D eigenvalue weighted by Gasteiger charge is -2.09. The molecule has 0 amide bonds. The van der Waals surface area contributed by atoms with Gasteiger partial charge in [-0.25, -0.2) is 0 Å². The third kappa shape index (κ3) is 3.81. The molecule has 0 atom stereocenters. The minimum absolute atomic E-state index is 0.148. The number of nitriles is 2. The Kier molecular flexibility index (Phi) is 4.86. The molecule has 2 rings (SSSR count). The molecule has 0 aliphatic heterocycles. The molecule has 0 fully saturated rings. The summed E-state index contributed by atoms with van der Waals surface area (Å²) in [7, 11) is 0. The van der Waals surface area contributed by atoms with Crippen LogP contribution in [0.15, 0.2) is 47.6 Å². The van der Waals surface area contributed by atoms with Crippen molar-refractivity contribution in [3.05, 3.63) is 64.7 Å². The standard InChI is InChI=1S/C18H14N4O/c1-12-7-13(2)9-14(8-12)18(23)16-5-3-4-6-17(16)22-21-15(10-19)11-20/h3-9,22H,1-2H3. The molecule has 2 aromatic rings. The molecule has 0 aliphatic carbocycles. The van der Waals surface area contributed by atoms with Crippen LogP contribution in [0.4, 0.5) is 5.69 Å². The first-order chi connectivity index (χ1) is 11.0.